The molecule has 0 spiro atoms. The first-order valence-corrected chi connectivity index (χ1v) is 7.14. The number of nitrogens with one attached hydrogen (secondary N) is 1. The molecule has 1 aromatic carbocycles. The lowest BCUT2D eigenvalue weighted by atomic mass is 9.86. The van der Waals surface area contributed by atoms with Crippen LogP contribution in [0.3, 0.4) is 0 Å². The Balaban J connectivity index is 1.54. The highest BCUT2D eigenvalue weighted by Gasteiger charge is 2.40. The quantitative estimate of drug-likeness (QED) is 0.874. The second-order valence-electron chi connectivity index (χ2n) is 5.69. The maximum atomic E-state index is 12.0. The van der Waals surface area contributed by atoms with Crippen molar-refractivity contribution in [3.05, 3.63) is 29.3 Å². The second-order valence-corrected chi connectivity index (χ2v) is 6.13. The van der Waals surface area contributed by atoms with Crippen LogP contribution in [0.1, 0.15) is 32.1 Å². The first-order chi connectivity index (χ1) is 8.70. The third-order valence-corrected chi connectivity index (χ3v) is 4.71. The van der Waals surface area contributed by atoms with Crippen molar-refractivity contribution in [2.45, 2.75) is 32.1 Å². The fourth-order valence-electron chi connectivity index (χ4n) is 3.61. The zero-order valence-corrected chi connectivity index (χ0v) is 11.1. The summed E-state index contributed by atoms with van der Waals surface area (Å²) in [5, 5.41) is 3.65. The molecule has 1 N–H and O–H groups in total. The molecule has 2 aliphatic carbocycles. The van der Waals surface area contributed by atoms with Gasteiger partial charge in [0.15, 0.2) is 0 Å². The van der Waals surface area contributed by atoms with Gasteiger partial charge in [-0.15, -0.1) is 0 Å². The minimum Gasteiger partial charge on any atom is -0.326 e. The molecule has 1 amide bonds. The SMILES string of the molecule is O=C(C[C@H]1C[C@@H]2CC[C@@H]1C2)Nc1ccc(Cl)cc1. The Hall–Kier alpha value is -1.02. The van der Waals surface area contributed by atoms with Gasteiger partial charge in [-0.1, -0.05) is 18.0 Å². The predicted molar refractivity (Wildman–Crippen MR) is 73.6 cm³/mol. The molecule has 18 heavy (non-hydrogen) atoms. The van der Waals surface area contributed by atoms with E-state index < -0.39 is 0 Å². The smallest absolute Gasteiger partial charge is 0.224 e. The van der Waals surface area contributed by atoms with Crippen molar-refractivity contribution in [1.82, 2.24) is 0 Å². The van der Waals surface area contributed by atoms with Crippen molar-refractivity contribution in [3.8, 4) is 0 Å². The van der Waals surface area contributed by atoms with Gasteiger partial charge in [0.05, 0.1) is 0 Å². The van der Waals surface area contributed by atoms with E-state index in [1.165, 1.54) is 25.7 Å². The van der Waals surface area contributed by atoms with Crippen LogP contribution < -0.4 is 5.32 Å². The third-order valence-electron chi connectivity index (χ3n) is 4.46. The van der Waals surface area contributed by atoms with E-state index in [0.29, 0.717) is 17.4 Å². The van der Waals surface area contributed by atoms with Gasteiger partial charge in [-0.25, -0.2) is 0 Å². The van der Waals surface area contributed by atoms with Crippen molar-refractivity contribution >= 4 is 23.2 Å². The number of amides is 1. The largest absolute Gasteiger partial charge is 0.326 e. The average Bonchev–Trinajstić information content (AvgIpc) is 2.94. The molecule has 2 saturated carbocycles. The molecule has 2 fully saturated rings. The molecule has 2 bridgehead atoms. The molecular weight excluding hydrogens is 246 g/mol. The monoisotopic (exact) mass is 263 g/mol. The van der Waals surface area contributed by atoms with E-state index in [-0.39, 0.29) is 5.91 Å². The number of rotatable bonds is 3. The lowest BCUT2D eigenvalue weighted by Crippen LogP contribution is -2.20. The van der Waals surface area contributed by atoms with Crippen LogP contribution in [0.25, 0.3) is 0 Å². The van der Waals surface area contributed by atoms with Gasteiger partial charge in [-0.3, -0.25) is 4.79 Å². The summed E-state index contributed by atoms with van der Waals surface area (Å²) in [6, 6.07) is 7.30. The molecule has 2 nitrogen and oxygen atoms in total. The number of hydrogen-bond acceptors (Lipinski definition) is 1. The molecule has 0 heterocycles. The summed E-state index contributed by atoms with van der Waals surface area (Å²) in [5.74, 6) is 2.49. The van der Waals surface area contributed by atoms with Crippen LogP contribution in [0.4, 0.5) is 5.69 Å². The summed E-state index contributed by atoms with van der Waals surface area (Å²) < 4.78 is 0. The number of halogens is 1. The number of benzene rings is 1. The van der Waals surface area contributed by atoms with Gasteiger partial charge >= 0.3 is 0 Å². The van der Waals surface area contributed by atoms with E-state index in [1.54, 1.807) is 12.1 Å². The van der Waals surface area contributed by atoms with Crippen LogP contribution in [0, 0.1) is 17.8 Å². The highest BCUT2D eigenvalue weighted by Crippen LogP contribution is 2.49. The van der Waals surface area contributed by atoms with Gasteiger partial charge in [0, 0.05) is 17.1 Å². The molecular formula is C15H18ClNO. The molecule has 1 aromatic rings. The Bertz CT molecular complexity index is 442. The van der Waals surface area contributed by atoms with E-state index in [4.69, 9.17) is 11.6 Å². The van der Waals surface area contributed by atoms with Crippen LogP contribution in [-0.2, 0) is 4.79 Å². The molecule has 0 unspecified atom stereocenters. The van der Waals surface area contributed by atoms with Gasteiger partial charge < -0.3 is 5.32 Å². The normalized spacial score (nSPS) is 29.5. The van der Waals surface area contributed by atoms with Crippen LogP contribution in [0.2, 0.25) is 5.02 Å². The first kappa shape index (κ1) is 12.0. The summed E-state index contributed by atoms with van der Waals surface area (Å²) in [6.45, 7) is 0. The van der Waals surface area contributed by atoms with Gasteiger partial charge in [0.1, 0.15) is 0 Å². The van der Waals surface area contributed by atoms with Crippen LogP contribution >= 0.6 is 11.6 Å². The van der Waals surface area contributed by atoms with E-state index in [2.05, 4.69) is 5.32 Å². The summed E-state index contributed by atoms with van der Waals surface area (Å²) in [5.41, 5.74) is 0.840. The minimum atomic E-state index is 0.148. The molecule has 0 aromatic heterocycles. The van der Waals surface area contributed by atoms with Crippen LogP contribution in [0.5, 0.6) is 0 Å². The second kappa shape index (κ2) is 4.93. The van der Waals surface area contributed by atoms with E-state index in [0.717, 1.165) is 17.5 Å². The van der Waals surface area contributed by atoms with E-state index >= 15 is 0 Å². The first-order valence-electron chi connectivity index (χ1n) is 6.76. The van der Waals surface area contributed by atoms with Gasteiger partial charge in [-0.2, -0.15) is 0 Å². The Morgan fingerprint density at radius 3 is 2.61 bits per heavy atom. The highest BCUT2D eigenvalue weighted by molar-refractivity contribution is 6.30. The molecule has 3 heteroatoms. The Morgan fingerprint density at radius 2 is 2.00 bits per heavy atom. The molecule has 96 valence electrons. The highest BCUT2D eigenvalue weighted by atomic mass is 35.5. The Kier molecular flexibility index (Phi) is 3.29. The van der Waals surface area contributed by atoms with Crippen molar-refractivity contribution < 1.29 is 4.79 Å². The Labute approximate surface area is 113 Å². The molecule has 3 rings (SSSR count). The number of carbonyl (C=O) groups is 1. The molecule has 0 radical (unpaired) electrons. The van der Waals surface area contributed by atoms with Crippen LogP contribution in [0.15, 0.2) is 24.3 Å². The molecule has 2 aliphatic rings. The third kappa shape index (κ3) is 2.54. The Morgan fingerprint density at radius 1 is 1.22 bits per heavy atom. The molecule has 3 atom stereocenters. The zero-order chi connectivity index (χ0) is 12.5. The van der Waals surface area contributed by atoms with Gasteiger partial charge in [0.25, 0.3) is 0 Å². The maximum Gasteiger partial charge on any atom is 0.224 e. The maximum absolute atomic E-state index is 12.0. The van der Waals surface area contributed by atoms with Crippen molar-refractivity contribution in [1.29, 1.82) is 0 Å². The van der Waals surface area contributed by atoms with E-state index in [1.807, 2.05) is 12.1 Å². The fourth-order valence-corrected chi connectivity index (χ4v) is 3.74. The average molecular weight is 264 g/mol. The summed E-state index contributed by atoms with van der Waals surface area (Å²) >= 11 is 5.82. The number of hydrogen-bond donors (Lipinski definition) is 1. The fraction of sp³-hybridized carbons (Fsp3) is 0.533. The summed E-state index contributed by atoms with van der Waals surface area (Å²) in [7, 11) is 0. The lowest BCUT2D eigenvalue weighted by Gasteiger charge is -2.20. The van der Waals surface area contributed by atoms with Gasteiger partial charge in [0.2, 0.25) is 5.91 Å². The van der Waals surface area contributed by atoms with E-state index in [9.17, 15) is 4.79 Å². The summed E-state index contributed by atoms with van der Waals surface area (Å²) in [4.78, 5) is 12.0. The van der Waals surface area contributed by atoms with Gasteiger partial charge in [-0.05, 0) is 61.3 Å². The standard InChI is InChI=1S/C15H18ClNO/c16-13-3-5-14(6-4-13)17-15(18)9-12-8-10-1-2-11(12)7-10/h3-6,10-12H,1-2,7-9H2,(H,17,18)/t10-,11-,12-/m1/s1. The summed E-state index contributed by atoms with van der Waals surface area (Å²) in [6.07, 6.45) is 6.03. The minimum absolute atomic E-state index is 0.148. The van der Waals surface area contributed by atoms with Crippen molar-refractivity contribution in [2.24, 2.45) is 17.8 Å². The predicted octanol–water partition coefficient (Wildman–Crippen LogP) is 4.10. The number of fused-ring (bicyclic) bond motifs is 2. The van der Waals surface area contributed by atoms with Crippen molar-refractivity contribution in [2.75, 3.05) is 5.32 Å². The number of anilines is 1. The van der Waals surface area contributed by atoms with Crippen molar-refractivity contribution in [3.63, 3.8) is 0 Å². The lowest BCUT2D eigenvalue weighted by molar-refractivity contribution is -0.117. The zero-order valence-electron chi connectivity index (χ0n) is 10.4. The molecule has 0 aliphatic heterocycles. The number of carbonyl (C=O) groups excluding carboxylic acids is 1. The topological polar surface area (TPSA) is 29.1 Å². The molecule has 0 saturated heterocycles. The van der Waals surface area contributed by atoms with Crippen LogP contribution in [-0.4, -0.2) is 5.91 Å².